The first-order chi connectivity index (χ1) is 13.2. The third kappa shape index (κ3) is 3.03. The highest BCUT2D eigenvalue weighted by Gasteiger charge is 2.26. The van der Waals surface area contributed by atoms with Crippen LogP contribution in [0.5, 0.6) is 11.5 Å². The number of hydrogen-bond acceptors (Lipinski definition) is 4. The Kier molecular flexibility index (Phi) is 4.54. The molecule has 0 spiro atoms. The van der Waals surface area contributed by atoms with Crippen LogP contribution in [0, 0.1) is 6.92 Å². The number of para-hydroxylation sites is 4. The van der Waals surface area contributed by atoms with Gasteiger partial charge in [0, 0.05) is 6.54 Å². The lowest BCUT2D eigenvalue weighted by molar-refractivity contribution is 0.0986. The minimum atomic E-state index is -0.0772. The number of anilines is 1. The highest BCUT2D eigenvalue weighted by molar-refractivity contribution is 6.07. The van der Waals surface area contributed by atoms with Gasteiger partial charge in [0.15, 0.2) is 0 Å². The number of methoxy groups -OCH3 is 1. The van der Waals surface area contributed by atoms with Crippen LogP contribution in [0.25, 0.3) is 5.69 Å². The van der Waals surface area contributed by atoms with E-state index in [-0.39, 0.29) is 5.91 Å². The summed E-state index contributed by atoms with van der Waals surface area (Å²) in [6.45, 7) is 3.10. The Morgan fingerprint density at radius 1 is 1.11 bits per heavy atom. The molecule has 6 heteroatoms. The number of amides is 1. The van der Waals surface area contributed by atoms with Gasteiger partial charge in [0.2, 0.25) is 0 Å². The predicted octanol–water partition coefficient (Wildman–Crippen LogP) is 3.62. The van der Waals surface area contributed by atoms with Crippen molar-refractivity contribution in [3.8, 4) is 17.2 Å². The number of carbonyl (C=O) groups excluding carboxylic acids is 1. The zero-order valence-corrected chi connectivity index (χ0v) is 15.4. The molecule has 2 aromatic carbocycles. The van der Waals surface area contributed by atoms with E-state index in [1.165, 1.54) is 0 Å². The van der Waals surface area contributed by atoms with Crippen LogP contribution in [0.15, 0.2) is 54.7 Å². The molecule has 138 valence electrons. The van der Waals surface area contributed by atoms with Crippen molar-refractivity contribution >= 4 is 11.6 Å². The van der Waals surface area contributed by atoms with E-state index in [1.807, 2.05) is 55.5 Å². The molecule has 0 bridgehead atoms. The molecule has 0 unspecified atom stereocenters. The van der Waals surface area contributed by atoms with Gasteiger partial charge in [-0.3, -0.25) is 4.79 Å². The maximum absolute atomic E-state index is 13.3. The van der Waals surface area contributed by atoms with Crippen LogP contribution in [0.1, 0.15) is 22.5 Å². The summed E-state index contributed by atoms with van der Waals surface area (Å²) in [6.07, 6.45) is 2.40. The van der Waals surface area contributed by atoms with Gasteiger partial charge in [-0.2, -0.15) is 5.10 Å². The zero-order chi connectivity index (χ0) is 18.8. The van der Waals surface area contributed by atoms with Gasteiger partial charge in [-0.1, -0.05) is 24.3 Å². The van der Waals surface area contributed by atoms with Gasteiger partial charge in [-0.15, -0.1) is 0 Å². The molecular weight excluding hydrogens is 342 g/mol. The zero-order valence-electron chi connectivity index (χ0n) is 15.4. The minimum absolute atomic E-state index is 0.0772. The van der Waals surface area contributed by atoms with Crippen molar-refractivity contribution in [2.75, 3.05) is 25.2 Å². The van der Waals surface area contributed by atoms with Crippen LogP contribution < -0.4 is 14.4 Å². The Bertz CT molecular complexity index is 980. The third-order valence-electron chi connectivity index (χ3n) is 4.74. The van der Waals surface area contributed by atoms with E-state index in [0.29, 0.717) is 24.5 Å². The lowest BCUT2D eigenvalue weighted by Gasteiger charge is -2.21. The molecule has 0 saturated carbocycles. The van der Waals surface area contributed by atoms with Crippen molar-refractivity contribution in [3.63, 3.8) is 0 Å². The quantitative estimate of drug-likeness (QED) is 0.713. The predicted molar refractivity (Wildman–Crippen MR) is 103 cm³/mol. The molecule has 0 saturated heterocycles. The highest BCUT2D eigenvalue weighted by Crippen LogP contribution is 2.32. The number of rotatable bonds is 3. The Labute approximate surface area is 157 Å². The molecule has 1 aliphatic rings. The molecule has 27 heavy (non-hydrogen) atoms. The number of nitrogens with zero attached hydrogens (tertiary/aromatic N) is 3. The number of hydrogen-bond donors (Lipinski definition) is 0. The van der Waals surface area contributed by atoms with E-state index in [1.54, 1.807) is 22.9 Å². The summed E-state index contributed by atoms with van der Waals surface area (Å²) in [6, 6.07) is 15.3. The summed E-state index contributed by atoms with van der Waals surface area (Å²) >= 11 is 0. The first-order valence-electron chi connectivity index (χ1n) is 8.92. The Hall–Kier alpha value is -3.28. The van der Waals surface area contributed by atoms with E-state index < -0.39 is 0 Å². The lowest BCUT2D eigenvalue weighted by atomic mass is 10.2. The standard InChI is InChI=1S/C21H21N3O3/c1-15-16(14-22-24(15)18-9-4-5-10-19(18)26-2)21(25)23-12-7-13-27-20-11-6-3-8-17(20)23/h3-6,8-11,14H,7,12-13H2,1-2H3. The number of aromatic nitrogens is 2. The summed E-state index contributed by atoms with van der Waals surface area (Å²) in [5.74, 6) is 1.36. The normalized spacial score (nSPS) is 13.5. The second kappa shape index (κ2) is 7.15. The fraction of sp³-hybridized carbons (Fsp3) is 0.238. The number of ether oxygens (including phenoxy) is 2. The highest BCUT2D eigenvalue weighted by atomic mass is 16.5. The minimum Gasteiger partial charge on any atom is -0.494 e. The summed E-state index contributed by atoms with van der Waals surface area (Å²) < 4.78 is 12.9. The molecule has 0 aliphatic carbocycles. The van der Waals surface area contributed by atoms with Gasteiger partial charge in [0.05, 0.1) is 36.9 Å². The smallest absolute Gasteiger partial charge is 0.261 e. The van der Waals surface area contributed by atoms with Crippen molar-refractivity contribution in [1.29, 1.82) is 0 Å². The van der Waals surface area contributed by atoms with E-state index in [4.69, 9.17) is 9.47 Å². The van der Waals surface area contributed by atoms with Gasteiger partial charge in [-0.25, -0.2) is 4.68 Å². The van der Waals surface area contributed by atoms with Crippen LogP contribution in [-0.4, -0.2) is 35.9 Å². The second-order valence-electron chi connectivity index (χ2n) is 6.35. The van der Waals surface area contributed by atoms with E-state index in [0.717, 1.165) is 29.2 Å². The molecule has 1 amide bonds. The average molecular weight is 363 g/mol. The summed E-state index contributed by atoms with van der Waals surface area (Å²) in [4.78, 5) is 15.1. The summed E-state index contributed by atoms with van der Waals surface area (Å²) in [7, 11) is 1.62. The maximum atomic E-state index is 13.3. The third-order valence-corrected chi connectivity index (χ3v) is 4.74. The SMILES string of the molecule is COc1ccccc1-n1ncc(C(=O)N2CCCOc3ccccc32)c1C. The van der Waals surface area contributed by atoms with E-state index in [9.17, 15) is 4.79 Å². The number of fused-ring (bicyclic) bond motifs is 1. The Balaban J connectivity index is 1.73. The lowest BCUT2D eigenvalue weighted by Crippen LogP contribution is -2.31. The molecule has 2 heterocycles. The molecule has 0 N–H and O–H groups in total. The first-order valence-corrected chi connectivity index (χ1v) is 8.92. The van der Waals surface area contributed by atoms with Gasteiger partial charge in [0.1, 0.15) is 17.2 Å². The van der Waals surface area contributed by atoms with Crippen LogP contribution in [0.2, 0.25) is 0 Å². The molecule has 0 radical (unpaired) electrons. The van der Waals surface area contributed by atoms with Crippen molar-refractivity contribution in [3.05, 3.63) is 66.0 Å². The van der Waals surface area contributed by atoms with E-state index >= 15 is 0 Å². The monoisotopic (exact) mass is 363 g/mol. The Morgan fingerprint density at radius 2 is 1.85 bits per heavy atom. The molecule has 1 aromatic heterocycles. The molecule has 6 nitrogen and oxygen atoms in total. The largest absolute Gasteiger partial charge is 0.494 e. The van der Waals surface area contributed by atoms with Gasteiger partial charge >= 0.3 is 0 Å². The summed E-state index contributed by atoms with van der Waals surface area (Å²) in [5.41, 5.74) is 2.94. The van der Waals surface area contributed by atoms with Crippen LogP contribution >= 0.6 is 0 Å². The second-order valence-corrected chi connectivity index (χ2v) is 6.35. The summed E-state index contributed by atoms with van der Waals surface area (Å²) in [5, 5.41) is 4.45. The fourth-order valence-electron chi connectivity index (χ4n) is 3.35. The molecule has 0 atom stereocenters. The van der Waals surface area contributed by atoms with Crippen molar-refractivity contribution < 1.29 is 14.3 Å². The number of benzene rings is 2. The fourth-order valence-corrected chi connectivity index (χ4v) is 3.35. The topological polar surface area (TPSA) is 56.6 Å². The van der Waals surface area contributed by atoms with Gasteiger partial charge in [0.25, 0.3) is 5.91 Å². The van der Waals surface area contributed by atoms with Crippen molar-refractivity contribution in [2.24, 2.45) is 0 Å². The van der Waals surface area contributed by atoms with Crippen molar-refractivity contribution in [2.45, 2.75) is 13.3 Å². The molecule has 4 rings (SSSR count). The van der Waals surface area contributed by atoms with Gasteiger partial charge < -0.3 is 14.4 Å². The molecule has 3 aromatic rings. The van der Waals surface area contributed by atoms with Gasteiger partial charge in [-0.05, 0) is 37.6 Å². The molecule has 0 fully saturated rings. The first kappa shape index (κ1) is 17.1. The van der Waals surface area contributed by atoms with Crippen LogP contribution in [0.3, 0.4) is 0 Å². The Morgan fingerprint density at radius 3 is 2.67 bits per heavy atom. The number of carbonyl (C=O) groups is 1. The van der Waals surface area contributed by atoms with Crippen LogP contribution in [0.4, 0.5) is 5.69 Å². The van der Waals surface area contributed by atoms with E-state index in [2.05, 4.69) is 5.10 Å². The van der Waals surface area contributed by atoms with Crippen molar-refractivity contribution in [1.82, 2.24) is 9.78 Å². The maximum Gasteiger partial charge on any atom is 0.261 e. The van der Waals surface area contributed by atoms with Crippen LogP contribution in [-0.2, 0) is 0 Å². The average Bonchev–Trinajstić information content (AvgIpc) is 2.95. The molecular formula is C21H21N3O3. The molecule has 1 aliphatic heterocycles.